The van der Waals surface area contributed by atoms with E-state index in [9.17, 15) is 9.59 Å². The van der Waals surface area contributed by atoms with Crippen molar-refractivity contribution in [3.05, 3.63) is 0 Å². The number of nitrogens with one attached hydrogen (secondary N) is 1. The van der Waals surface area contributed by atoms with E-state index in [0.29, 0.717) is 19.0 Å². The molecule has 0 radical (unpaired) electrons. The first-order valence-electron chi connectivity index (χ1n) is 6.79. The maximum atomic E-state index is 11.8. The second kappa shape index (κ2) is 5.69. The van der Waals surface area contributed by atoms with Gasteiger partial charge in [-0.15, -0.1) is 0 Å². The van der Waals surface area contributed by atoms with E-state index in [-0.39, 0.29) is 17.9 Å². The van der Waals surface area contributed by atoms with E-state index < -0.39 is 5.97 Å². The number of carboxylic acids is 1. The molecule has 2 aliphatic carbocycles. The van der Waals surface area contributed by atoms with E-state index in [1.54, 1.807) is 0 Å². The largest absolute Gasteiger partial charge is 0.481 e. The van der Waals surface area contributed by atoms with Crippen LogP contribution in [-0.4, -0.2) is 47.6 Å². The van der Waals surface area contributed by atoms with Gasteiger partial charge in [-0.25, -0.2) is 0 Å². The number of hydrogen-bond acceptors (Lipinski definition) is 3. The molecule has 5 heteroatoms. The molecule has 2 aliphatic rings. The summed E-state index contributed by atoms with van der Waals surface area (Å²) in [6.45, 7) is 0.337. The number of likely N-dealkylation sites (N-methyl/N-ethyl adjacent to an activating group) is 1. The molecule has 0 aliphatic heterocycles. The van der Waals surface area contributed by atoms with E-state index >= 15 is 0 Å². The van der Waals surface area contributed by atoms with Crippen LogP contribution in [0.1, 0.15) is 38.5 Å². The molecule has 2 unspecified atom stereocenters. The van der Waals surface area contributed by atoms with Crippen molar-refractivity contribution in [1.82, 2.24) is 10.2 Å². The number of amides is 1. The molecule has 0 spiro atoms. The summed E-state index contributed by atoms with van der Waals surface area (Å²) < 4.78 is 0. The lowest BCUT2D eigenvalue weighted by Crippen LogP contribution is -2.43. The molecular formula is C13H22N2O3. The number of hydrogen-bond donors (Lipinski definition) is 2. The van der Waals surface area contributed by atoms with Crippen LogP contribution < -0.4 is 5.32 Å². The second-order valence-electron chi connectivity index (χ2n) is 5.52. The van der Waals surface area contributed by atoms with Crippen molar-refractivity contribution in [2.75, 3.05) is 13.6 Å². The van der Waals surface area contributed by atoms with Crippen LogP contribution in [0.25, 0.3) is 0 Å². The van der Waals surface area contributed by atoms with Crippen molar-refractivity contribution < 1.29 is 14.7 Å². The molecule has 2 saturated carbocycles. The zero-order valence-corrected chi connectivity index (χ0v) is 10.9. The van der Waals surface area contributed by atoms with Gasteiger partial charge in [0.15, 0.2) is 0 Å². The molecule has 18 heavy (non-hydrogen) atoms. The lowest BCUT2D eigenvalue weighted by atomic mass is 9.86. The van der Waals surface area contributed by atoms with Gasteiger partial charge in [-0.1, -0.05) is 6.42 Å². The number of carboxylic acid groups (broad SMARTS) is 1. The van der Waals surface area contributed by atoms with E-state index in [1.165, 1.54) is 0 Å². The molecule has 0 aromatic heterocycles. The van der Waals surface area contributed by atoms with E-state index in [4.69, 9.17) is 5.11 Å². The number of aliphatic carboxylic acids is 1. The van der Waals surface area contributed by atoms with Gasteiger partial charge in [-0.2, -0.15) is 0 Å². The van der Waals surface area contributed by atoms with Gasteiger partial charge in [0.25, 0.3) is 0 Å². The highest BCUT2D eigenvalue weighted by atomic mass is 16.4. The van der Waals surface area contributed by atoms with Crippen LogP contribution in [0.5, 0.6) is 0 Å². The minimum absolute atomic E-state index is 0.120. The topological polar surface area (TPSA) is 69.6 Å². The fourth-order valence-corrected chi connectivity index (χ4v) is 2.62. The van der Waals surface area contributed by atoms with E-state index in [1.807, 2.05) is 11.9 Å². The predicted octanol–water partition coefficient (Wildman–Crippen LogP) is 0.840. The van der Waals surface area contributed by atoms with E-state index in [2.05, 4.69) is 5.32 Å². The highest BCUT2D eigenvalue weighted by Crippen LogP contribution is 2.26. The average molecular weight is 254 g/mol. The van der Waals surface area contributed by atoms with Crippen molar-refractivity contribution in [3.63, 3.8) is 0 Å². The molecule has 0 aromatic rings. The van der Waals surface area contributed by atoms with Gasteiger partial charge in [0.05, 0.1) is 12.5 Å². The predicted molar refractivity (Wildman–Crippen MR) is 67.2 cm³/mol. The summed E-state index contributed by atoms with van der Waals surface area (Å²) in [6.07, 6.45) is 5.56. The van der Waals surface area contributed by atoms with E-state index in [0.717, 1.165) is 32.1 Å². The number of carbonyl (C=O) groups excluding carboxylic acids is 1. The molecule has 2 rings (SSSR count). The Kier molecular flexibility index (Phi) is 4.22. The lowest BCUT2D eigenvalue weighted by molar-refractivity contribution is -0.143. The summed E-state index contributed by atoms with van der Waals surface area (Å²) in [7, 11) is 1.85. The summed E-state index contributed by atoms with van der Waals surface area (Å²) in [5.41, 5.74) is 0. The Hall–Kier alpha value is -1.10. The third-order valence-corrected chi connectivity index (χ3v) is 4.05. The molecule has 2 N–H and O–H groups in total. The first-order valence-corrected chi connectivity index (χ1v) is 6.79. The SMILES string of the molecule is CN(C(=O)CNC1CCCC(C(=O)O)C1)C1CC1. The molecule has 102 valence electrons. The molecule has 5 nitrogen and oxygen atoms in total. The van der Waals surface area contributed by atoms with Gasteiger partial charge in [-0.05, 0) is 32.1 Å². The minimum Gasteiger partial charge on any atom is -0.481 e. The highest BCUT2D eigenvalue weighted by molar-refractivity contribution is 5.78. The first kappa shape index (κ1) is 13.3. The van der Waals surface area contributed by atoms with Crippen LogP contribution in [-0.2, 0) is 9.59 Å². The van der Waals surface area contributed by atoms with Gasteiger partial charge in [-0.3, -0.25) is 9.59 Å². The Bertz CT molecular complexity index is 328. The Morgan fingerprint density at radius 2 is 2.00 bits per heavy atom. The lowest BCUT2D eigenvalue weighted by Gasteiger charge is -2.28. The summed E-state index contributed by atoms with van der Waals surface area (Å²) in [5, 5.41) is 12.2. The van der Waals surface area contributed by atoms with Crippen molar-refractivity contribution in [3.8, 4) is 0 Å². The second-order valence-corrected chi connectivity index (χ2v) is 5.52. The Balaban J connectivity index is 1.72. The Labute approximate surface area is 108 Å². The number of carbonyl (C=O) groups is 2. The van der Waals surface area contributed by atoms with Crippen LogP contribution >= 0.6 is 0 Å². The van der Waals surface area contributed by atoms with Gasteiger partial charge in [0.1, 0.15) is 0 Å². The molecule has 0 aromatic carbocycles. The zero-order chi connectivity index (χ0) is 13.1. The van der Waals surface area contributed by atoms with Gasteiger partial charge < -0.3 is 15.3 Å². The molecule has 1 amide bonds. The summed E-state index contributed by atoms with van der Waals surface area (Å²) >= 11 is 0. The van der Waals surface area contributed by atoms with Crippen LogP contribution in [0.15, 0.2) is 0 Å². The standard InChI is InChI=1S/C13H22N2O3/c1-15(11-5-6-11)12(16)8-14-10-4-2-3-9(7-10)13(17)18/h9-11,14H,2-8H2,1H3,(H,17,18). The average Bonchev–Trinajstić information content (AvgIpc) is 3.19. The summed E-state index contributed by atoms with van der Waals surface area (Å²) in [6, 6.07) is 0.619. The molecule has 0 heterocycles. The highest BCUT2D eigenvalue weighted by Gasteiger charge is 2.30. The Morgan fingerprint density at radius 3 is 2.61 bits per heavy atom. The normalized spacial score (nSPS) is 27.8. The molecule has 2 atom stereocenters. The smallest absolute Gasteiger partial charge is 0.306 e. The van der Waals surface area contributed by atoms with Crippen molar-refractivity contribution in [2.45, 2.75) is 50.6 Å². The Morgan fingerprint density at radius 1 is 1.28 bits per heavy atom. The van der Waals surface area contributed by atoms with Gasteiger partial charge >= 0.3 is 5.97 Å². The van der Waals surface area contributed by atoms with Crippen LogP contribution in [0, 0.1) is 5.92 Å². The summed E-state index contributed by atoms with van der Waals surface area (Å²) in [4.78, 5) is 24.6. The van der Waals surface area contributed by atoms with Gasteiger partial charge in [0.2, 0.25) is 5.91 Å². The number of nitrogens with zero attached hydrogens (tertiary/aromatic N) is 1. The van der Waals surface area contributed by atoms with Crippen molar-refractivity contribution in [2.24, 2.45) is 5.92 Å². The summed E-state index contributed by atoms with van der Waals surface area (Å²) in [5.74, 6) is -0.828. The fourth-order valence-electron chi connectivity index (χ4n) is 2.62. The third-order valence-electron chi connectivity index (χ3n) is 4.05. The van der Waals surface area contributed by atoms with Gasteiger partial charge in [0, 0.05) is 19.1 Å². The van der Waals surface area contributed by atoms with Crippen molar-refractivity contribution >= 4 is 11.9 Å². The van der Waals surface area contributed by atoms with Crippen LogP contribution in [0.2, 0.25) is 0 Å². The maximum absolute atomic E-state index is 11.8. The van der Waals surface area contributed by atoms with Crippen LogP contribution in [0.3, 0.4) is 0 Å². The first-order chi connectivity index (χ1) is 8.58. The maximum Gasteiger partial charge on any atom is 0.306 e. The molecule has 0 saturated heterocycles. The minimum atomic E-state index is -0.706. The molecule has 0 bridgehead atoms. The van der Waals surface area contributed by atoms with Crippen molar-refractivity contribution in [1.29, 1.82) is 0 Å². The quantitative estimate of drug-likeness (QED) is 0.763. The van der Waals surface area contributed by atoms with Crippen LogP contribution in [0.4, 0.5) is 0 Å². The fraction of sp³-hybridized carbons (Fsp3) is 0.846. The zero-order valence-electron chi connectivity index (χ0n) is 10.9. The number of rotatable bonds is 5. The monoisotopic (exact) mass is 254 g/mol. The third kappa shape index (κ3) is 3.45. The molecule has 2 fully saturated rings. The molecular weight excluding hydrogens is 232 g/mol.